The van der Waals surface area contributed by atoms with Gasteiger partial charge in [-0.2, -0.15) is 0 Å². The average Bonchev–Trinajstić information content (AvgIpc) is 3.10. The summed E-state index contributed by atoms with van der Waals surface area (Å²) >= 11 is 0. The number of hydrogen-bond donors (Lipinski definition) is 0. The highest BCUT2D eigenvalue weighted by Gasteiger charge is 2.02. The molecule has 4 bridgehead atoms. The van der Waals surface area contributed by atoms with Crippen LogP contribution in [0.4, 0.5) is 0 Å². The maximum atomic E-state index is 5.68. The minimum atomic E-state index is 0.408. The molecule has 0 saturated heterocycles. The molecule has 14 nitrogen and oxygen atoms in total. The van der Waals surface area contributed by atoms with Gasteiger partial charge in [0, 0.05) is 0 Å². The van der Waals surface area contributed by atoms with E-state index in [0.717, 1.165) is 22.8 Å². The molecule has 0 aromatic carbocycles. The predicted molar refractivity (Wildman–Crippen MR) is 174 cm³/mol. The van der Waals surface area contributed by atoms with Gasteiger partial charge in [-0.3, -0.25) is 9.97 Å². The van der Waals surface area contributed by atoms with Gasteiger partial charge in [-0.05, 0) is 24.3 Å². The quantitative estimate of drug-likeness (QED) is 0.402. The number of ether oxygens (including phenoxy) is 12. The summed E-state index contributed by atoms with van der Waals surface area (Å²) in [6.07, 6.45) is 0. The SMILES string of the molecule is c1cc2nc(c1)COCCOCCOCCOCCOCCOCc1cccc(n1)COCCOCCOCCOCCOCCOC2. The molecule has 2 aromatic heterocycles. The van der Waals surface area contributed by atoms with E-state index in [1.165, 1.54) is 0 Å². The second-order valence-electron chi connectivity index (χ2n) is 10.3. The van der Waals surface area contributed by atoms with Gasteiger partial charge in [-0.1, -0.05) is 12.1 Å². The van der Waals surface area contributed by atoms with E-state index in [1.807, 2.05) is 36.4 Å². The zero-order valence-corrected chi connectivity index (χ0v) is 28.2. The first-order valence-corrected chi connectivity index (χ1v) is 16.7. The maximum absolute atomic E-state index is 5.68. The van der Waals surface area contributed by atoms with Crippen LogP contribution in [0.5, 0.6) is 0 Å². The van der Waals surface area contributed by atoms with Crippen molar-refractivity contribution < 1.29 is 56.8 Å². The highest BCUT2D eigenvalue weighted by molar-refractivity contribution is 5.10. The molecule has 2 aromatic rings. The molecule has 0 N–H and O–H groups in total. The van der Waals surface area contributed by atoms with Gasteiger partial charge < -0.3 is 56.8 Å². The van der Waals surface area contributed by atoms with Crippen molar-refractivity contribution >= 4 is 0 Å². The third-order valence-corrected chi connectivity index (χ3v) is 6.45. The zero-order chi connectivity index (χ0) is 33.4. The molecule has 0 amide bonds. The molecule has 48 heavy (non-hydrogen) atoms. The van der Waals surface area contributed by atoms with Gasteiger partial charge in [0.1, 0.15) is 0 Å². The number of nitrogens with zero attached hydrogens (tertiary/aromatic N) is 2. The van der Waals surface area contributed by atoms with Crippen molar-refractivity contribution in [2.45, 2.75) is 26.4 Å². The first-order valence-electron chi connectivity index (χ1n) is 16.7. The van der Waals surface area contributed by atoms with E-state index in [1.54, 1.807) is 0 Å². The second-order valence-corrected chi connectivity index (χ2v) is 10.3. The van der Waals surface area contributed by atoms with E-state index in [0.29, 0.717) is 159 Å². The lowest BCUT2D eigenvalue weighted by Gasteiger charge is -2.09. The minimum absolute atomic E-state index is 0.408. The third-order valence-electron chi connectivity index (χ3n) is 6.45. The van der Waals surface area contributed by atoms with Crippen LogP contribution >= 0.6 is 0 Å². The molecule has 272 valence electrons. The summed E-state index contributed by atoms with van der Waals surface area (Å²) in [5.74, 6) is 0. The molecule has 1 aliphatic heterocycles. The molecular weight excluding hydrogens is 628 g/mol. The number of hydrogen-bond acceptors (Lipinski definition) is 14. The Morgan fingerprint density at radius 3 is 0.604 bits per heavy atom. The highest BCUT2D eigenvalue weighted by atomic mass is 16.6. The van der Waals surface area contributed by atoms with Crippen LogP contribution in [0.25, 0.3) is 0 Å². The molecule has 3 rings (SSSR count). The van der Waals surface area contributed by atoms with Crippen molar-refractivity contribution in [3.05, 3.63) is 59.2 Å². The van der Waals surface area contributed by atoms with Gasteiger partial charge in [0.25, 0.3) is 0 Å². The van der Waals surface area contributed by atoms with Crippen LogP contribution in [0.3, 0.4) is 0 Å². The first-order chi connectivity index (χ1) is 23.9. The minimum Gasteiger partial charge on any atom is -0.377 e. The Bertz CT molecular complexity index is 872. The van der Waals surface area contributed by atoms with E-state index >= 15 is 0 Å². The Morgan fingerprint density at radius 1 is 0.250 bits per heavy atom. The maximum Gasteiger partial charge on any atom is 0.0889 e. The van der Waals surface area contributed by atoms with E-state index in [4.69, 9.17) is 56.8 Å². The van der Waals surface area contributed by atoms with Gasteiger partial charge in [-0.25, -0.2) is 0 Å². The van der Waals surface area contributed by atoms with Crippen molar-refractivity contribution in [1.29, 1.82) is 0 Å². The molecule has 0 aliphatic carbocycles. The molecule has 0 saturated carbocycles. The monoisotopic (exact) mass is 682 g/mol. The fourth-order valence-corrected chi connectivity index (χ4v) is 4.08. The van der Waals surface area contributed by atoms with Gasteiger partial charge in [-0.15, -0.1) is 0 Å². The Morgan fingerprint density at radius 2 is 0.417 bits per heavy atom. The molecule has 0 unspecified atom stereocenters. The van der Waals surface area contributed by atoms with Gasteiger partial charge >= 0.3 is 0 Å². The Kier molecular flexibility index (Phi) is 24.9. The molecule has 14 heteroatoms. The van der Waals surface area contributed by atoms with Crippen molar-refractivity contribution in [1.82, 2.24) is 9.97 Å². The fourth-order valence-electron chi connectivity index (χ4n) is 4.08. The van der Waals surface area contributed by atoms with E-state index < -0.39 is 0 Å². The summed E-state index contributed by atoms with van der Waals surface area (Å²) in [4.78, 5) is 9.16. The van der Waals surface area contributed by atoms with Crippen LogP contribution in [-0.2, 0) is 83.3 Å². The summed E-state index contributed by atoms with van der Waals surface area (Å²) in [7, 11) is 0. The standard InChI is InChI=1S/C34H54N2O12/c1-3-31-27-45-23-19-41-15-11-37-7-9-39-13-17-43-21-25-47-29-33-5-2-6-34(36-33)30-48-26-22-44-18-14-40-10-8-38-12-16-42-20-24-46-28-32(4-1)35-31/h1-6H,7-30H2. The van der Waals surface area contributed by atoms with Crippen molar-refractivity contribution in [2.24, 2.45) is 0 Å². The second kappa shape index (κ2) is 29.7. The lowest BCUT2D eigenvalue weighted by molar-refractivity contribution is -0.0195. The third kappa shape index (κ3) is 22.5. The number of rotatable bonds is 0. The van der Waals surface area contributed by atoms with Crippen molar-refractivity contribution in [3.8, 4) is 0 Å². The van der Waals surface area contributed by atoms with Crippen LogP contribution < -0.4 is 0 Å². The summed E-state index contributed by atoms with van der Waals surface area (Å²) < 4.78 is 67.1. The van der Waals surface area contributed by atoms with Gasteiger partial charge in [0.05, 0.1) is 181 Å². The molecule has 0 atom stereocenters. The largest absolute Gasteiger partial charge is 0.377 e. The van der Waals surface area contributed by atoms with Gasteiger partial charge in [0.2, 0.25) is 0 Å². The lowest BCUT2D eigenvalue weighted by atomic mass is 10.3. The summed E-state index contributed by atoms with van der Waals surface area (Å²) in [6.45, 7) is 11.4. The molecular formula is C34H54N2O12. The van der Waals surface area contributed by atoms with Crippen LogP contribution in [-0.4, -0.2) is 142 Å². The van der Waals surface area contributed by atoms with Crippen molar-refractivity contribution in [2.75, 3.05) is 132 Å². The summed E-state index contributed by atoms with van der Waals surface area (Å²) in [5.41, 5.74) is 3.38. The highest BCUT2D eigenvalue weighted by Crippen LogP contribution is 2.04. The lowest BCUT2D eigenvalue weighted by Crippen LogP contribution is -2.14. The molecule has 3 heterocycles. The Balaban J connectivity index is 1.26. The molecule has 0 spiro atoms. The molecule has 1 aliphatic rings. The zero-order valence-electron chi connectivity index (χ0n) is 28.2. The Labute approximate surface area is 284 Å². The topological polar surface area (TPSA) is 137 Å². The van der Waals surface area contributed by atoms with Gasteiger partial charge in [0.15, 0.2) is 0 Å². The predicted octanol–water partition coefficient (Wildman–Crippen LogP) is 2.39. The number of fused-ring (bicyclic) bond motifs is 4. The van der Waals surface area contributed by atoms with E-state index in [-0.39, 0.29) is 0 Å². The normalized spacial score (nSPS) is 20.8. The summed E-state index contributed by atoms with van der Waals surface area (Å²) in [5, 5.41) is 0. The van der Waals surface area contributed by atoms with Crippen molar-refractivity contribution in [3.63, 3.8) is 0 Å². The van der Waals surface area contributed by atoms with E-state index in [2.05, 4.69) is 9.97 Å². The van der Waals surface area contributed by atoms with Crippen LogP contribution in [0.2, 0.25) is 0 Å². The fraction of sp³-hybridized carbons (Fsp3) is 0.706. The Hall–Kier alpha value is -2.18. The van der Waals surface area contributed by atoms with Crippen LogP contribution in [0.1, 0.15) is 22.8 Å². The first kappa shape index (κ1) is 40.3. The van der Waals surface area contributed by atoms with Crippen LogP contribution in [0.15, 0.2) is 36.4 Å². The number of pyridine rings is 2. The van der Waals surface area contributed by atoms with Crippen LogP contribution in [0, 0.1) is 0 Å². The molecule has 0 fully saturated rings. The smallest absolute Gasteiger partial charge is 0.0889 e. The van der Waals surface area contributed by atoms with E-state index in [9.17, 15) is 0 Å². The average molecular weight is 683 g/mol. The molecule has 0 radical (unpaired) electrons. The number of aromatic nitrogens is 2. The summed E-state index contributed by atoms with van der Waals surface area (Å²) in [6, 6.07) is 11.6.